The third kappa shape index (κ3) is 1.88. The molecule has 6 nitrogen and oxygen atoms in total. The highest BCUT2D eigenvalue weighted by molar-refractivity contribution is 6.51. The Labute approximate surface area is 120 Å². The number of carbonyl (C=O) groups excluding carboxylic acids is 3. The second-order valence-corrected chi connectivity index (χ2v) is 5.60. The van der Waals surface area contributed by atoms with Crippen LogP contribution in [0.3, 0.4) is 0 Å². The van der Waals surface area contributed by atoms with Gasteiger partial charge < -0.3 is 15.5 Å². The number of rotatable bonds is 1. The molecule has 7 heteroatoms. The van der Waals surface area contributed by atoms with Crippen LogP contribution < -0.4 is 15.5 Å². The summed E-state index contributed by atoms with van der Waals surface area (Å²) in [4.78, 5) is 36.5. The van der Waals surface area contributed by atoms with Gasteiger partial charge in [0.25, 0.3) is 11.7 Å². The number of nitrogens with zero attached hydrogens (tertiary/aromatic N) is 1. The average Bonchev–Trinajstić information content (AvgIpc) is 2.68. The molecule has 1 aromatic carbocycles. The zero-order valence-corrected chi connectivity index (χ0v) is 11.6. The number of fused-ring (bicyclic) bond motifs is 1. The quantitative estimate of drug-likeness (QED) is 0.746. The van der Waals surface area contributed by atoms with E-state index < -0.39 is 23.0 Å². The standard InChI is InChI=1S/C14H14FN3O3/c1-14(2)13(21)16-3-4-18(14)10-6-9-7(5-8(10)15)11(19)12(20)17-9/h5-6H,3-4H2,1-2H3,(H,16,21)(H,17,19,20). The molecule has 1 fully saturated rings. The average molecular weight is 291 g/mol. The van der Waals surface area contributed by atoms with E-state index in [2.05, 4.69) is 10.6 Å². The maximum atomic E-state index is 14.3. The van der Waals surface area contributed by atoms with Crippen molar-refractivity contribution in [1.29, 1.82) is 0 Å². The minimum Gasteiger partial charge on any atom is -0.353 e. The van der Waals surface area contributed by atoms with Gasteiger partial charge in [-0.05, 0) is 26.0 Å². The number of amides is 2. The largest absolute Gasteiger partial charge is 0.353 e. The van der Waals surface area contributed by atoms with Gasteiger partial charge in [0, 0.05) is 13.1 Å². The van der Waals surface area contributed by atoms with Gasteiger partial charge in [0.2, 0.25) is 5.91 Å². The predicted octanol–water partition coefficient (Wildman–Crippen LogP) is 0.675. The van der Waals surface area contributed by atoms with Crippen molar-refractivity contribution in [1.82, 2.24) is 5.32 Å². The third-order valence-corrected chi connectivity index (χ3v) is 3.93. The first-order valence-electron chi connectivity index (χ1n) is 6.57. The third-order valence-electron chi connectivity index (χ3n) is 3.93. The summed E-state index contributed by atoms with van der Waals surface area (Å²) in [6.45, 7) is 4.23. The van der Waals surface area contributed by atoms with Crippen molar-refractivity contribution in [3.05, 3.63) is 23.5 Å². The molecule has 110 valence electrons. The molecular weight excluding hydrogens is 277 g/mol. The smallest absolute Gasteiger partial charge is 0.296 e. The van der Waals surface area contributed by atoms with Gasteiger partial charge in [-0.2, -0.15) is 0 Å². The van der Waals surface area contributed by atoms with Gasteiger partial charge in [0.05, 0.1) is 16.9 Å². The molecule has 21 heavy (non-hydrogen) atoms. The number of ketones is 1. The predicted molar refractivity (Wildman–Crippen MR) is 73.8 cm³/mol. The lowest BCUT2D eigenvalue weighted by Gasteiger charge is -2.43. The summed E-state index contributed by atoms with van der Waals surface area (Å²) in [7, 11) is 0. The number of hydrogen-bond acceptors (Lipinski definition) is 4. The highest BCUT2D eigenvalue weighted by Crippen LogP contribution is 2.34. The maximum Gasteiger partial charge on any atom is 0.296 e. The highest BCUT2D eigenvalue weighted by atomic mass is 19.1. The SMILES string of the molecule is CC1(C)C(=O)NCCN1c1cc2c(cc1F)C(=O)C(=O)N2. The maximum absolute atomic E-state index is 14.3. The second-order valence-electron chi connectivity index (χ2n) is 5.60. The van der Waals surface area contributed by atoms with E-state index in [9.17, 15) is 18.8 Å². The minimum atomic E-state index is -0.917. The Morgan fingerprint density at radius 2 is 1.95 bits per heavy atom. The van der Waals surface area contributed by atoms with Gasteiger partial charge in [0.15, 0.2) is 0 Å². The van der Waals surface area contributed by atoms with E-state index >= 15 is 0 Å². The van der Waals surface area contributed by atoms with Crippen LogP contribution >= 0.6 is 0 Å². The highest BCUT2D eigenvalue weighted by Gasteiger charge is 2.40. The van der Waals surface area contributed by atoms with E-state index in [1.54, 1.807) is 18.7 Å². The first kappa shape index (κ1) is 13.5. The number of Topliss-reactive ketones (excluding diaryl/α,β-unsaturated/α-hetero) is 1. The normalized spacial score (nSPS) is 20.1. The number of piperazine rings is 1. The molecule has 0 bridgehead atoms. The van der Waals surface area contributed by atoms with Crippen LogP contribution in [0.25, 0.3) is 0 Å². The summed E-state index contributed by atoms with van der Waals surface area (Å²) in [6, 6.07) is 2.46. The van der Waals surface area contributed by atoms with Crippen molar-refractivity contribution in [3.8, 4) is 0 Å². The fourth-order valence-corrected chi connectivity index (χ4v) is 2.68. The van der Waals surface area contributed by atoms with Gasteiger partial charge >= 0.3 is 0 Å². The summed E-state index contributed by atoms with van der Waals surface area (Å²) < 4.78 is 14.3. The van der Waals surface area contributed by atoms with Crippen molar-refractivity contribution < 1.29 is 18.8 Å². The summed E-state index contributed by atoms with van der Waals surface area (Å²) >= 11 is 0. The summed E-state index contributed by atoms with van der Waals surface area (Å²) in [5, 5.41) is 5.14. The number of halogens is 1. The Hall–Kier alpha value is -2.44. The molecule has 0 atom stereocenters. The number of anilines is 2. The van der Waals surface area contributed by atoms with Gasteiger partial charge in [-0.15, -0.1) is 0 Å². The van der Waals surface area contributed by atoms with Crippen molar-refractivity contribution in [3.63, 3.8) is 0 Å². The fraction of sp³-hybridized carbons (Fsp3) is 0.357. The second kappa shape index (κ2) is 4.28. The number of benzene rings is 1. The van der Waals surface area contributed by atoms with E-state index in [0.29, 0.717) is 13.1 Å². The van der Waals surface area contributed by atoms with Crippen molar-refractivity contribution in [2.75, 3.05) is 23.3 Å². The van der Waals surface area contributed by atoms with E-state index in [1.807, 2.05) is 0 Å². The summed E-state index contributed by atoms with van der Waals surface area (Å²) in [6.07, 6.45) is 0. The van der Waals surface area contributed by atoms with Crippen LogP contribution in [0.2, 0.25) is 0 Å². The zero-order chi connectivity index (χ0) is 15.4. The molecule has 0 radical (unpaired) electrons. The molecule has 0 spiro atoms. The van der Waals surface area contributed by atoms with Gasteiger partial charge in [0.1, 0.15) is 11.4 Å². The molecule has 0 aromatic heterocycles. The van der Waals surface area contributed by atoms with Crippen LogP contribution in [0.15, 0.2) is 12.1 Å². The van der Waals surface area contributed by atoms with E-state index in [0.717, 1.165) is 6.07 Å². The Morgan fingerprint density at radius 1 is 1.24 bits per heavy atom. The van der Waals surface area contributed by atoms with Crippen molar-refractivity contribution in [2.24, 2.45) is 0 Å². The Balaban J connectivity index is 2.08. The molecule has 3 rings (SSSR count). The lowest BCUT2D eigenvalue weighted by atomic mass is 9.97. The summed E-state index contributed by atoms with van der Waals surface area (Å²) in [5.41, 5.74) is -0.410. The van der Waals surface area contributed by atoms with E-state index in [4.69, 9.17) is 0 Å². The van der Waals surface area contributed by atoms with Crippen molar-refractivity contribution >= 4 is 29.0 Å². The van der Waals surface area contributed by atoms with Gasteiger partial charge in [-0.1, -0.05) is 0 Å². The summed E-state index contributed by atoms with van der Waals surface area (Å²) in [5.74, 6) is -2.33. The lowest BCUT2D eigenvalue weighted by molar-refractivity contribution is -0.126. The Kier molecular flexibility index (Phi) is 2.76. The molecular formula is C14H14FN3O3. The molecule has 1 saturated heterocycles. The zero-order valence-electron chi connectivity index (χ0n) is 11.6. The molecule has 2 aliphatic heterocycles. The molecule has 0 saturated carbocycles. The lowest BCUT2D eigenvalue weighted by Crippen LogP contribution is -2.62. The Bertz CT molecular complexity index is 684. The molecule has 2 aliphatic rings. The fourth-order valence-electron chi connectivity index (χ4n) is 2.68. The number of carbonyl (C=O) groups is 3. The molecule has 2 heterocycles. The van der Waals surface area contributed by atoms with Gasteiger partial charge in [-0.3, -0.25) is 14.4 Å². The van der Waals surface area contributed by atoms with Crippen LogP contribution in [0.1, 0.15) is 24.2 Å². The van der Waals surface area contributed by atoms with E-state index in [1.165, 1.54) is 6.07 Å². The number of nitrogens with one attached hydrogen (secondary N) is 2. The van der Waals surface area contributed by atoms with Crippen LogP contribution in [0, 0.1) is 5.82 Å². The van der Waals surface area contributed by atoms with Crippen LogP contribution in [-0.4, -0.2) is 36.2 Å². The Morgan fingerprint density at radius 3 is 2.67 bits per heavy atom. The topological polar surface area (TPSA) is 78.5 Å². The van der Waals surface area contributed by atoms with Crippen LogP contribution in [0.4, 0.5) is 15.8 Å². The number of hydrogen-bond donors (Lipinski definition) is 2. The monoisotopic (exact) mass is 291 g/mol. The minimum absolute atomic E-state index is 0.0283. The molecule has 2 N–H and O–H groups in total. The first-order valence-corrected chi connectivity index (χ1v) is 6.57. The van der Waals surface area contributed by atoms with Crippen LogP contribution in [-0.2, 0) is 9.59 Å². The first-order chi connectivity index (χ1) is 9.82. The molecule has 0 unspecified atom stereocenters. The molecule has 1 aromatic rings. The molecule has 2 amide bonds. The van der Waals surface area contributed by atoms with Gasteiger partial charge in [-0.25, -0.2) is 4.39 Å². The molecule has 0 aliphatic carbocycles. The van der Waals surface area contributed by atoms with E-state index in [-0.39, 0.29) is 22.8 Å². The van der Waals surface area contributed by atoms with Crippen LogP contribution in [0.5, 0.6) is 0 Å². The van der Waals surface area contributed by atoms with Crippen molar-refractivity contribution in [2.45, 2.75) is 19.4 Å².